The quantitative estimate of drug-likeness (QED) is 0.555. The van der Waals surface area contributed by atoms with Gasteiger partial charge in [-0.05, 0) is 43.6 Å². The maximum atomic E-state index is 5.89. The summed E-state index contributed by atoms with van der Waals surface area (Å²) < 4.78 is 5.89. The zero-order chi connectivity index (χ0) is 7.57. The second-order valence-electron chi connectivity index (χ2n) is 3.60. The minimum absolute atomic E-state index is 0.355. The van der Waals surface area contributed by atoms with Gasteiger partial charge in [0.25, 0.3) is 0 Å². The van der Waals surface area contributed by atoms with E-state index in [0.717, 1.165) is 6.61 Å². The van der Waals surface area contributed by atoms with Crippen molar-refractivity contribution in [2.45, 2.75) is 37.7 Å². The van der Waals surface area contributed by atoms with Crippen molar-refractivity contribution in [2.75, 3.05) is 18.1 Å². The van der Waals surface area contributed by atoms with Gasteiger partial charge in [0.1, 0.15) is 0 Å². The Balaban J connectivity index is 1.86. The summed E-state index contributed by atoms with van der Waals surface area (Å²) in [4.78, 5) is 0. The Kier molecular flexibility index (Phi) is 2.42. The van der Waals surface area contributed by atoms with Crippen LogP contribution in [0.5, 0.6) is 0 Å². The third-order valence-corrected chi connectivity index (χ3v) is 3.88. The van der Waals surface area contributed by atoms with Crippen molar-refractivity contribution in [3.8, 4) is 0 Å². The van der Waals surface area contributed by atoms with Crippen LogP contribution in [0.2, 0.25) is 0 Å². The van der Waals surface area contributed by atoms with Crippen LogP contribution in [-0.4, -0.2) is 23.7 Å². The van der Waals surface area contributed by atoms with Gasteiger partial charge in [-0.25, -0.2) is 0 Å². The number of ether oxygens (including phenoxy) is 1. The molecule has 0 unspecified atom stereocenters. The van der Waals surface area contributed by atoms with Crippen molar-refractivity contribution in [2.24, 2.45) is 0 Å². The number of hydrogen-bond acceptors (Lipinski definition) is 2. The molecule has 2 fully saturated rings. The molecule has 64 valence electrons. The largest absolute Gasteiger partial charge is 0.375 e. The molecule has 1 spiro atoms. The maximum absolute atomic E-state index is 5.89. The van der Waals surface area contributed by atoms with Crippen LogP contribution >= 0.6 is 11.8 Å². The molecule has 2 heteroatoms. The zero-order valence-electron chi connectivity index (χ0n) is 6.97. The average Bonchev–Trinajstić information content (AvgIpc) is 1.82. The summed E-state index contributed by atoms with van der Waals surface area (Å²) in [6.45, 7) is 1.01. The lowest BCUT2D eigenvalue weighted by atomic mass is 9.78. The van der Waals surface area contributed by atoms with Gasteiger partial charge in [-0.15, -0.1) is 0 Å². The molecule has 0 radical (unpaired) electrons. The molecule has 1 saturated heterocycles. The summed E-state index contributed by atoms with van der Waals surface area (Å²) in [7, 11) is 0. The summed E-state index contributed by atoms with van der Waals surface area (Å²) in [6, 6.07) is 0. The van der Waals surface area contributed by atoms with E-state index >= 15 is 0 Å². The van der Waals surface area contributed by atoms with E-state index in [9.17, 15) is 0 Å². The van der Waals surface area contributed by atoms with Gasteiger partial charge < -0.3 is 4.74 Å². The molecule has 0 N–H and O–H groups in total. The van der Waals surface area contributed by atoms with Crippen LogP contribution in [0.3, 0.4) is 0 Å². The van der Waals surface area contributed by atoms with Crippen LogP contribution in [0.25, 0.3) is 0 Å². The van der Waals surface area contributed by atoms with Gasteiger partial charge in [0.2, 0.25) is 0 Å². The third kappa shape index (κ3) is 1.73. The number of rotatable bonds is 0. The molecule has 1 heterocycles. The molecule has 0 aromatic heterocycles. The van der Waals surface area contributed by atoms with Gasteiger partial charge in [0.05, 0.1) is 5.60 Å². The van der Waals surface area contributed by atoms with E-state index in [0.29, 0.717) is 5.60 Å². The van der Waals surface area contributed by atoms with Crippen molar-refractivity contribution < 1.29 is 4.74 Å². The predicted molar refractivity (Wildman–Crippen MR) is 49.1 cm³/mol. The first kappa shape index (κ1) is 7.93. The second kappa shape index (κ2) is 3.36. The molecule has 11 heavy (non-hydrogen) atoms. The fraction of sp³-hybridized carbons (Fsp3) is 1.00. The van der Waals surface area contributed by atoms with Crippen LogP contribution in [0.4, 0.5) is 0 Å². The van der Waals surface area contributed by atoms with E-state index < -0.39 is 0 Å². The number of hydrogen-bond donors (Lipinski definition) is 0. The highest BCUT2D eigenvalue weighted by atomic mass is 32.2. The Labute approximate surface area is 72.9 Å². The summed E-state index contributed by atoms with van der Waals surface area (Å²) >= 11 is 2.10. The van der Waals surface area contributed by atoms with Gasteiger partial charge in [-0.1, -0.05) is 0 Å². The molecule has 1 aliphatic carbocycles. The molecule has 0 bridgehead atoms. The number of thioether (sulfide) groups is 1. The monoisotopic (exact) mass is 172 g/mol. The first-order valence-electron chi connectivity index (χ1n) is 4.63. The fourth-order valence-electron chi connectivity index (χ4n) is 1.85. The molecular formula is C9H16OS. The lowest BCUT2D eigenvalue weighted by Gasteiger charge is -2.42. The van der Waals surface area contributed by atoms with Gasteiger partial charge in [-0.3, -0.25) is 0 Å². The van der Waals surface area contributed by atoms with Crippen LogP contribution < -0.4 is 0 Å². The molecule has 0 aromatic carbocycles. The van der Waals surface area contributed by atoms with E-state index in [1.807, 2.05) is 0 Å². The Morgan fingerprint density at radius 1 is 1.00 bits per heavy atom. The SMILES string of the molecule is C1COC2(CCC2)CCSC1. The summed E-state index contributed by atoms with van der Waals surface area (Å²) in [5.74, 6) is 2.62. The fourth-order valence-corrected chi connectivity index (χ4v) is 2.89. The molecule has 2 rings (SSSR count). The molecule has 2 aliphatic rings. The Morgan fingerprint density at radius 3 is 2.64 bits per heavy atom. The Bertz CT molecular complexity index is 122. The zero-order valence-corrected chi connectivity index (χ0v) is 7.79. The minimum atomic E-state index is 0.355. The van der Waals surface area contributed by atoms with Crippen molar-refractivity contribution in [1.82, 2.24) is 0 Å². The van der Waals surface area contributed by atoms with E-state index in [1.165, 1.54) is 43.6 Å². The van der Waals surface area contributed by atoms with Gasteiger partial charge in [0.15, 0.2) is 0 Å². The lowest BCUT2D eigenvalue weighted by molar-refractivity contribution is -0.101. The molecule has 0 aromatic rings. The Hall–Kier alpha value is 0.310. The summed E-state index contributed by atoms with van der Waals surface area (Å²) in [5.41, 5.74) is 0.355. The summed E-state index contributed by atoms with van der Waals surface area (Å²) in [5, 5.41) is 0. The van der Waals surface area contributed by atoms with Crippen molar-refractivity contribution >= 4 is 11.8 Å². The first-order valence-corrected chi connectivity index (χ1v) is 5.79. The van der Waals surface area contributed by atoms with E-state index in [2.05, 4.69) is 11.8 Å². The second-order valence-corrected chi connectivity index (χ2v) is 4.83. The van der Waals surface area contributed by atoms with Gasteiger partial charge >= 0.3 is 0 Å². The molecule has 0 atom stereocenters. The Morgan fingerprint density at radius 2 is 1.91 bits per heavy atom. The molecule has 1 saturated carbocycles. The highest BCUT2D eigenvalue weighted by Crippen LogP contribution is 2.40. The highest BCUT2D eigenvalue weighted by Gasteiger charge is 2.37. The standard InChI is InChI=1S/C9H16OS/c1-3-9(4-1)5-8-11-7-2-6-10-9/h1-8H2. The lowest BCUT2D eigenvalue weighted by Crippen LogP contribution is -2.41. The van der Waals surface area contributed by atoms with Gasteiger partial charge in [0, 0.05) is 6.61 Å². The van der Waals surface area contributed by atoms with Gasteiger partial charge in [-0.2, -0.15) is 11.8 Å². The average molecular weight is 172 g/mol. The van der Waals surface area contributed by atoms with Crippen LogP contribution in [0, 0.1) is 0 Å². The highest BCUT2D eigenvalue weighted by molar-refractivity contribution is 7.99. The van der Waals surface area contributed by atoms with E-state index in [-0.39, 0.29) is 0 Å². The minimum Gasteiger partial charge on any atom is -0.375 e. The normalized spacial score (nSPS) is 30.5. The molecular weight excluding hydrogens is 156 g/mol. The van der Waals surface area contributed by atoms with Crippen molar-refractivity contribution in [3.05, 3.63) is 0 Å². The van der Waals surface area contributed by atoms with Crippen molar-refractivity contribution in [3.63, 3.8) is 0 Å². The maximum Gasteiger partial charge on any atom is 0.0690 e. The van der Waals surface area contributed by atoms with Crippen molar-refractivity contribution in [1.29, 1.82) is 0 Å². The molecule has 1 nitrogen and oxygen atoms in total. The molecule has 0 amide bonds. The predicted octanol–water partition coefficient (Wildman–Crippen LogP) is 2.45. The molecule has 1 aliphatic heterocycles. The van der Waals surface area contributed by atoms with E-state index in [1.54, 1.807) is 0 Å². The van der Waals surface area contributed by atoms with Crippen LogP contribution in [0.1, 0.15) is 32.1 Å². The van der Waals surface area contributed by atoms with E-state index in [4.69, 9.17) is 4.74 Å². The summed E-state index contributed by atoms with van der Waals surface area (Å²) in [6.07, 6.45) is 6.61. The topological polar surface area (TPSA) is 9.23 Å². The van der Waals surface area contributed by atoms with Crippen LogP contribution in [0.15, 0.2) is 0 Å². The third-order valence-electron chi connectivity index (χ3n) is 2.81. The van der Waals surface area contributed by atoms with Crippen LogP contribution in [-0.2, 0) is 4.74 Å². The smallest absolute Gasteiger partial charge is 0.0690 e. The first-order chi connectivity index (χ1) is 5.41.